The molecule has 96 valence electrons. The highest BCUT2D eigenvalue weighted by atomic mass is 16.3. The summed E-state index contributed by atoms with van der Waals surface area (Å²) in [6.45, 7) is 4.07. The number of pyridine rings is 1. The van der Waals surface area contributed by atoms with E-state index in [1.807, 2.05) is 38.1 Å². The molecule has 4 N–H and O–H groups in total. The van der Waals surface area contributed by atoms with Gasteiger partial charge in [-0.2, -0.15) is 0 Å². The number of anilines is 2. The van der Waals surface area contributed by atoms with Crippen LogP contribution in [0.5, 0.6) is 0 Å². The van der Waals surface area contributed by atoms with Crippen molar-refractivity contribution in [2.24, 2.45) is 0 Å². The molecule has 0 radical (unpaired) electrons. The van der Waals surface area contributed by atoms with E-state index in [-0.39, 0.29) is 12.1 Å². The van der Waals surface area contributed by atoms with Gasteiger partial charge in [0.15, 0.2) is 0 Å². The van der Waals surface area contributed by atoms with Gasteiger partial charge in [0.05, 0.1) is 29.0 Å². The fraction of sp³-hybridized carbons (Fsp3) is 0.357. The topological polar surface area (TPSA) is 71.2 Å². The highest BCUT2D eigenvalue weighted by molar-refractivity contribution is 5.96. The molecule has 1 aromatic heterocycles. The van der Waals surface area contributed by atoms with E-state index >= 15 is 0 Å². The van der Waals surface area contributed by atoms with Crippen LogP contribution in [0, 0.1) is 0 Å². The Kier molecular flexibility index (Phi) is 3.39. The van der Waals surface area contributed by atoms with Crippen LogP contribution in [0.2, 0.25) is 0 Å². The monoisotopic (exact) mass is 245 g/mol. The lowest BCUT2D eigenvalue weighted by atomic mass is 9.99. The molecule has 4 heteroatoms. The van der Waals surface area contributed by atoms with Crippen molar-refractivity contribution >= 4 is 22.3 Å². The molecule has 18 heavy (non-hydrogen) atoms. The molecule has 0 saturated carbocycles. The molecular weight excluding hydrogens is 226 g/mol. The number of nitrogen functional groups attached to an aromatic ring is 1. The summed E-state index contributed by atoms with van der Waals surface area (Å²) in [6, 6.07) is 7.66. The Morgan fingerprint density at radius 2 is 2.17 bits per heavy atom. The quantitative estimate of drug-likeness (QED) is 0.723. The first-order valence-electron chi connectivity index (χ1n) is 6.12. The number of nitrogens with two attached hydrogens (primary N) is 1. The molecule has 0 saturated heterocycles. The van der Waals surface area contributed by atoms with Gasteiger partial charge in [-0.1, -0.05) is 6.92 Å². The van der Waals surface area contributed by atoms with Crippen molar-refractivity contribution in [2.45, 2.75) is 25.8 Å². The first kappa shape index (κ1) is 12.6. The van der Waals surface area contributed by atoms with Crippen LogP contribution in [-0.2, 0) is 0 Å². The Morgan fingerprint density at radius 1 is 1.39 bits per heavy atom. The summed E-state index contributed by atoms with van der Waals surface area (Å²) in [5, 5.41) is 13.7. The van der Waals surface area contributed by atoms with Gasteiger partial charge in [0.25, 0.3) is 0 Å². The second-order valence-electron chi connectivity index (χ2n) is 4.79. The molecule has 2 aromatic rings. The number of aromatic nitrogens is 1. The summed E-state index contributed by atoms with van der Waals surface area (Å²) in [7, 11) is 0. The molecule has 0 amide bonds. The van der Waals surface area contributed by atoms with Gasteiger partial charge in [0, 0.05) is 11.6 Å². The van der Waals surface area contributed by atoms with E-state index in [0.29, 0.717) is 5.69 Å². The molecule has 0 aliphatic rings. The number of hydrogen-bond donors (Lipinski definition) is 3. The molecule has 1 unspecified atom stereocenters. The van der Waals surface area contributed by atoms with Crippen LogP contribution in [0.25, 0.3) is 10.9 Å². The summed E-state index contributed by atoms with van der Waals surface area (Å²) in [5.74, 6) is 0. The maximum absolute atomic E-state index is 9.44. The highest BCUT2D eigenvalue weighted by Gasteiger charge is 2.21. The minimum atomic E-state index is -0.357. The standard InChI is InChI=1S/C14H19N3O/c1-3-14(2,9-18)17-12-7-6-11-10(13(12)15)5-4-8-16-11/h4-8,17-18H,3,9,15H2,1-2H3. The summed E-state index contributed by atoms with van der Waals surface area (Å²) in [4.78, 5) is 4.26. The highest BCUT2D eigenvalue weighted by Crippen LogP contribution is 2.30. The number of aliphatic hydroxyl groups is 1. The largest absolute Gasteiger partial charge is 0.397 e. The predicted octanol–water partition coefficient (Wildman–Crippen LogP) is 2.39. The van der Waals surface area contributed by atoms with Gasteiger partial charge in [-0.25, -0.2) is 0 Å². The van der Waals surface area contributed by atoms with Crippen LogP contribution >= 0.6 is 0 Å². The van der Waals surface area contributed by atoms with Crippen molar-refractivity contribution in [3.05, 3.63) is 30.5 Å². The first-order chi connectivity index (χ1) is 8.59. The van der Waals surface area contributed by atoms with E-state index in [9.17, 15) is 5.11 Å². The van der Waals surface area contributed by atoms with E-state index in [2.05, 4.69) is 10.3 Å². The minimum absolute atomic E-state index is 0.0635. The third kappa shape index (κ3) is 2.24. The zero-order chi connectivity index (χ0) is 13.2. The summed E-state index contributed by atoms with van der Waals surface area (Å²) < 4.78 is 0. The van der Waals surface area contributed by atoms with Gasteiger partial charge in [-0.05, 0) is 37.6 Å². The molecule has 1 heterocycles. The van der Waals surface area contributed by atoms with Gasteiger partial charge >= 0.3 is 0 Å². The molecule has 4 nitrogen and oxygen atoms in total. The fourth-order valence-corrected chi connectivity index (χ4v) is 1.85. The van der Waals surface area contributed by atoms with Gasteiger partial charge in [-0.15, -0.1) is 0 Å². The smallest absolute Gasteiger partial charge is 0.0724 e. The van der Waals surface area contributed by atoms with Crippen LogP contribution in [0.15, 0.2) is 30.5 Å². The Labute approximate surface area is 107 Å². The number of rotatable bonds is 4. The maximum Gasteiger partial charge on any atom is 0.0724 e. The average molecular weight is 245 g/mol. The zero-order valence-electron chi connectivity index (χ0n) is 10.8. The lowest BCUT2D eigenvalue weighted by molar-refractivity contribution is 0.219. The van der Waals surface area contributed by atoms with Gasteiger partial charge in [0.2, 0.25) is 0 Å². The van der Waals surface area contributed by atoms with E-state index in [0.717, 1.165) is 23.0 Å². The minimum Gasteiger partial charge on any atom is -0.397 e. The van der Waals surface area contributed by atoms with Crippen molar-refractivity contribution in [1.82, 2.24) is 4.98 Å². The molecule has 0 bridgehead atoms. The summed E-state index contributed by atoms with van der Waals surface area (Å²) in [5.41, 5.74) is 8.19. The number of nitrogens with one attached hydrogen (secondary N) is 1. The van der Waals surface area contributed by atoms with E-state index in [1.54, 1.807) is 6.20 Å². The average Bonchev–Trinajstić information content (AvgIpc) is 2.42. The molecule has 0 aliphatic heterocycles. The van der Waals surface area contributed by atoms with Crippen molar-refractivity contribution < 1.29 is 5.11 Å². The van der Waals surface area contributed by atoms with Gasteiger partial charge in [-0.3, -0.25) is 4.98 Å². The first-order valence-corrected chi connectivity index (χ1v) is 6.12. The second kappa shape index (κ2) is 4.82. The van der Waals surface area contributed by atoms with Crippen molar-refractivity contribution in [3.8, 4) is 0 Å². The SMILES string of the molecule is CCC(C)(CO)Nc1ccc2ncccc2c1N. The third-order valence-electron chi connectivity index (χ3n) is 3.39. The van der Waals surface area contributed by atoms with Crippen LogP contribution in [-0.4, -0.2) is 22.2 Å². The Balaban J connectivity index is 2.43. The Hall–Kier alpha value is -1.81. The lowest BCUT2D eigenvalue weighted by Gasteiger charge is -2.29. The molecule has 0 spiro atoms. The Bertz CT molecular complexity index is 550. The molecule has 1 atom stereocenters. The van der Waals surface area contributed by atoms with Gasteiger partial charge in [0.1, 0.15) is 0 Å². The lowest BCUT2D eigenvalue weighted by Crippen LogP contribution is -2.38. The van der Waals surface area contributed by atoms with Crippen molar-refractivity contribution in [3.63, 3.8) is 0 Å². The van der Waals surface area contributed by atoms with Crippen LogP contribution < -0.4 is 11.1 Å². The molecule has 0 aliphatic carbocycles. The van der Waals surface area contributed by atoms with Crippen LogP contribution in [0.3, 0.4) is 0 Å². The zero-order valence-corrected chi connectivity index (χ0v) is 10.8. The predicted molar refractivity (Wildman–Crippen MR) is 75.6 cm³/mol. The number of nitrogens with zero attached hydrogens (tertiary/aromatic N) is 1. The summed E-state index contributed by atoms with van der Waals surface area (Å²) in [6.07, 6.45) is 2.56. The maximum atomic E-state index is 9.44. The van der Waals surface area contributed by atoms with Crippen molar-refractivity contribution in [2.75, 3.05) is 17.7 Å². The number of benzene rings is 1. The second-order valence-corrected chi connectivity index (χ2v) is 4.79. The number of hydrogen-bond acceptors (Lipinski definition) is 4. The van der Waals surface area contributed by atoms with E-state index in [1.165, 1.54) is 0 Å². The van der Waals surface area contributed by atoms with E-state index in [4.69, 9.17) is 5.73 Å². The third-order valence-corrected chi connectivity index (χ3v) is 3.39. The van der Waals surface area contributed by atoms with Crippen LogP contribution in [0.1, 0.15) is 20.3 Å². The van der Waals surface area contributed by atoms with Crippen LogP contribution in [0.4, 0.5) is 11.4 Å². The van der Waals surface area contributed by atoms with Crippen molar-refractivity contribution in [1.29, 1.82) is 0 Å². The number of aliphatic hydroxyl groups excluding tert-OH is 1. The van der Waals surface area contributed by atoms with E-state index < -0.39 is 0 Å². The molecule has 2 rings (SSSR count). The van der Waals surface area contributed by atoms with Gasteiger partial charge < -0.3 is 16.2 Å². The number of fused-ring (bicyclic) bond motifs is 1. The Morgan fingerprint density at radius 3 is 2.83 bits per heavy atom. The summed E-state index contributed by atoms with van der Waals surface area (Å²) >= 11 is 0. The molecule has 0 fully saturated rings. The fourth-order valence-electron chi connectivity index (χ4n) is 1.85. The normalized spacial score (nSPS) is 14.4. The molecule has 1 aromatic carbocycles. The molecular formula is C14H19N3O.